The Hall–Kier alpha value is -0.940. The van der Waals surface area contributed by atoms with Gasteiger partial charge in [-0.25, -0.2) is 4.79 Å². The molecule has 4 nitrogen and oxygen atoms in total. The van der Waals surface area contributed by atoms with E-state index >= 15 is 0 Å². The fraction of sp³-hybridized carbons (Fsp3) is 0.250. The van der Waals surface area contributed by atoms with Gasteiger partial charge in [-0.05, 0) is 22.0 Å². The molecule has 0 aliphatic heterocycles. The summed E-state index contributed by atoms with van der Waals surface area (Å²) in [4.78, 5) is 14.9. The number of hydrogen-bond acceptors (Lipinski definition) is 4. The molecule has 0 spiro atoms. The van der Waals surface area contributed by atoms with Gasteiger partial charge in [-0.2, -0.15) is 0 Å². The zero-order chi connectivity index (χ0) is 9.84. The average molecular weight is 246 g/mol. The number of methoxy groups -OCH3 is 1. The minimum absolute atomic E-state index is 0.153. The van der Waals surface area contributed by atoms with Gasteiger partial charge in [-0.3, -0.25) is 4.98 Å². The van der Waals surface area contributed by atoms with Crippen molar-refractivity contribution in [2.75, 3.05) is 7.11 Å². The predicted molar refractivity (Wildman–Crippen MR) is 49.2 cm³/mol. The minimum Gasteiger partial charge on any atom is -0.465 e. The van der Waals surface area contributed by atoms with Crippen LogP contribution >= 0.6 is 15.9 Å². The Bertz CT molecular complexity index is 327. The van der Waals surface area contributed by atoms with Crippen molar-refractivity contribution >= 4 is 21.9 Å². The molecule has 1 heterocycles. The molecule has 5 heteroatoms. The highest BCUT2D eigenvalue weighted by atomic mass is 79.9. The first-order valence-corrected chi connectivity index (χ1v) is 4.32. The predicted octanol–water partition coefficient (Wildman–Crippen LogP) is 1.12. The SMILES string of the molecule is COC(=O)c1cnc(CO)cc1Br. The van der Waals surface area contributed by atoms with E-state index in [0.29, 0.717) is 15.7 Å². The monoisotopic (exact) mass is 245 g/mol. The number of carbonyl (C=O) groups is 1. The molecule has 0 aromatic carbocycles. The maximum absolute atomic E-state index is 11.1. The van der Waals surface area contributed by atoms with Crippen LogP contribution in [0.15, 0.2) is 16.7 Å². The van der Waals surface area contributed by atoms with Crippen LogP contribution in [0.5, 0.6) is 0 Å². The van der Waals surface area contributed by atoms with Crippen LogP contribution in [0.3, 0.4) is 0 Å². The van der Waals surface area contributed by atoms with E-state index in [1.54, 1.807) is 6.07 Å². The Morgan fingerprint density at radius 3 is 2.92 bits per heavy atom. The highest BCUT2D eigenvalue weighted by Gasteiger charge is 2.10. The second kappa shape index (κ2) is 4.34. The summed E-state index contributed by atoms with van der Waals surface area (Å²) in [6.07, 6.45) is 1.36. The van der Waals surface area contributed by atoms with E-state index in [9.17, 15) is 4.79 Å². The van der Waals surface area contributed by atoms with Gasteiger partial charge in [0.1, 0.15) is 0 Å². The standard InChI is InChI=1S/C8H8BrNO3/c1-13-8(12)6-3-10-5(4-11)2-7(6)9/h2-3,11H,4H2,1H3. The molecule has 0 radical (unpaired) electrons. The molecule has 1 rings (SSSR count). The highest BCUT2D eigenvalue weighted by molar-refractivity contribution is 9.10. The fourth-order valence-electron chi connectivity index (χ4n) is 0.817. The van der Waals surface area contributed by atoms with Gasteiger partial charge < -0.3 is 9.84 Å². The van der Waals surface area contributed by atoms with Crippen molar-refractivity contribution < 1.29 is 14.6 Å². The minimum atomic E-state index is -0.455. The fourth-order valence-corrected chi connectivity index (χ4v) is 1.35. The molecule has 0 atom stereocenters. The maximum atomic E-state index is 11.1. The van der Waals surface area contributed by atoms with Gasteiger partial charge in [0, 0.05) is 10.7 Å². The van der Waals surface area contributed by atoms with E-state index in [-0.39, 0.29) is 6.61 Å². The third-order valence-electron chi connectivity index (χ3n) is 1.48. The van der Waals surface area contributed by atoms with Crippen LogP contribution in [0, 0.1) is 0 Å². The molecule has 1 aromatic rings. The normalized spacial score (nSPS) is 9.77. The van der Waals surface area contributed by atoms with E-state index in [1.165, 1.54) is 13.3 Å². The Kier molecular flexibility index (Phi) is 3.39. The summed E-state index contributed by atoms with van der Waals surface area (Å²) in [6, 6.07) is 1.58. The van der Waals surface area contributed by atoms with Gasteiger partial charge in [0.15, 0.2) is 0 Å². The highest BCUT2D eigenvalue weighted by Crippen LogP contribution is 2.17. The lowest BCUT2D eigenvalue weighted by molar-refractivity contribution is 0.0599. The van der Waals surface area contributed by atoms with Crippen LogP contribution in [0.4, 0.5) is 0 Å². The molecule has 0 saturated carbocycles. The van der Waals surface area contributed by atoms with Crippen LogP contribution in [0.2, 0.25) is 0 Å². The summed E-state index contributed by atoms with van der Waals surface area (Å²) in [7, 11) is 1.30. The molecule has 0 amide bonds. The lowest BCUT2D eigenvalue weighted by Gasteiger charge is -2.02. The van der Waals surface area contributed by atoms with E-state index in [2.05, 4.69) is 25.7 Å². The molecule has 0 aliphatic carbocycles. The number of hydrogen-bond donors (Lipinski definition) is 1. The molecule has 0 fully saturated rings. The maximum Gasteiger partial charge on any atom is 0.340 e. The number of esters is 1. The van der Waals surface area contributed by atoms with Crippen LogP contribution in [-0.4, -0.2) is 23.2 Å². The molecule has 1 N–H and O–H groups in total. The Morgan fingerprint density at radius 1 is 1.77 bits per heavy atom. The van der Waals surface area contributed by atoms with Crippen molar-refractivity contribution in [3.63, 3.8) is 0 Å². The molecule has 0 unspecified atom stereocenters. The molecule has 0 saturated heterocycles. The zero-order valence-corrected chi connectivity index (χ0v) is 8.54. The third kappa shape index (κ3) is 2.26. The van der Waals surface area contributed by atoms with Gasteiger partial charge in [-0.15, -0.1) is 0 Å². The molecule has 0 bridgehead atoms. The van der Waals surface area contributed by atoms with E-state index in [0.717, 1.165) is 0 Å². The van der Waals surface area contributed by atoms with Crippen molar-refractivity contribution in [2.24, 2.45) is 0 Å². The zero-order valence-electron chi connectivity index (χ0n) is 6.95. The first-order valence-electron chi connectivity index (χ1n) is 3.52. The lowest BCUT2D eigenvalue weighted by Crippen LogP contribution is -2.04. The number of pyridine rings is 1. The second-order valence-electron chi connectivity index (χ2n) is 2.31. The van der Waals surface area contributed by atoms with Gasteiger partial charge >= 0.3 is 5.97 Å². The molecule has 13 heavy (non-hydrogen) atoms. The summed E-state index contributed by atoms with van der Waals surface area (Å²) < 4.78 is 5.09. The van der Waals surface area contributed by atoms with Crippen molar-refractivity contribution in [2.45, 2.75) is 6.61 Å². The Labute approximate surface area is 83.7 Å². The van der Waals surface area contributed by atoms with Crippen LogP contribution in [0.1, 0.15) is 16.1 Å². The lowest BCUT2D eigenvalue weighted by atomic mass is 10.2. The van der Waals surface area contributed by atoms with E-state index < -0.39 is 5.97 Å². The smallest absolute Gasteiger partial charge is 0.340 e. The van der Waals surface area contributed by atoms with Crippen LogP contribution in [-0.2, 0) is 11.3 Å². The second-order valence-corrected chi connectivity index (χ2v) is 3.16. The van der Waals surface area contributed by atoms with Gasteiger partial charge in [0.25, 0.3) is 0 Å². The number of ether oxygens (including phenoxy) is 1. The molecule has 0 aliphatic rings. The number of rotatable bonds is 2. The van der Waals surface area contributed by atoms with Gasteiger partial charge in [0.05, 0.1) is 25.0 Å². The number of aliphatic hydroxyl groups excluding tert-OH is 1. The largest absolute Gasteiger partial charge is 0.465 e. The summed E-state index contributed by atoms with van der Waals surface area (Å²) in [5.41, 5.74) is 0.847. The summed E-state index contributed by atoms with van der Waals surface area (Å²) in [6.45, 7) is -0.153. The number of aliphatic hydroxyl groups is 1. The average Bonchev–Trinajstić information content (AvgIpc) is 2.16. The van der Waals surface area contributed by atoms with Gasteiger partial charge in [-0.1, -0.05) is 0 Å². The van der Waals surface area contributed by atoms with Crippen LogP contribution < -0.4 is 0 Å². The van der Waals surface area contributed by atoms with E-state index in [1.807, 2.05) is 0 Å². The molecule has 70 valence electrons. The van der Waals surface area contributed by atoms with Crippen molar-refractivity contribution in [1.82, 2.24) is 4.98 Å². The number of nitrogens with zero attached hydrogens (tertiary/aromatic N) is 1. The molecule has 1 aromatic heterocycles. The number of aromatic nitrogens is 1. The van der Waals surface area contributed by atoms with Crippen molar-refractivity contribution in [3.8, 4) is 0 Å². The Morgan fingerprint density at radius 2 is 2.46 bits per heavy atom. The first kappa shape index (κ1) is 10.1. The van der Waals surface area contributed by atoms with Crippen molar-refractivity contribution in [1.29, 1.82) is 0 Å². The quantitative estimate of drug-likeness (QED) is 0.794. The van der Waals surface area contributed by atoms with E-state index in [4.69, 9.17) is 5.11 Å². The Balaban J connectivity index is 3.05. The van der Waals surface area contributed by atoms with Crippen molar-refractivity contribution in [3.05, 3.63) is 28.0 Å². The topological polar surface area (TPSA) is 59.4 Å². The summed E-state index contributed by atoms with van der Waals surface area (Å²) in [5.74, 6) is -0.455. The first-order chi connectivity index (χ1) is 6.19. The summed E-state index contributed by atoms with van der Waals surface area (Å²) >= 11 is 3.18. The molecular formula is C8H8BrNO3. The summed E-state index contributed by atoms with van der Waals surface area (Å²) in [5, 5.41) is 8.75. The number of carbonyl (C=O) groups excluding carboxylic acids is 1. The third-order valence-corrected chi connectivity index (χ3v) is 2.13. The van der Waals surface area contributed by atoms with Gasteiger partial charge in [0.2, 0.25) is 0 Å². The number of halogens is 1. The van der Waals surface area contributed by atoms with Crippen LogP contribution in [0.25, 0.3) is 0 Å². The molecular weight excluding hydrogens is 238 g/mol.